The van der Waals surface area contributed by atoms with Crippen molar-refractivity contribution >= 4 is 17.7 Å². The van der Waals surface area contributed by atoms with E-state index in [1.54, 1.807) is 37.7 Å². The SMILES string of the molecule is CCOC(=O)c1cc(NC(=O)NC(C)c2c(C)noc2C)cn1C. The fourth-order valence-electron chi connectivity index (χ4n) is 2.59. The van der Waals surface area contributed by atoms with Gasteiger partial charge in [-0.2, -0.15) is 0 Å². The Morgan fingerprint density at radius 3 is 2.71 bits per heavy atom. The Morgan fingerprint density at radius 2 is 2.12 bits per heavy atom. The van der Waals surface area contributed by atoms with Gasteiger partial charge in [-0.15, -0.1) is 0 Å². The van der Waals surface area contributed by atoms with Gasteiger partial charge in [0.2, 0.25) is 0 Å². The Bertz CT molecular complexity index is 728. The smallest absolute Gasteiger partial charge is 0.355 e. The second kappa shape index (κ2) is 7.20. The van der Waals surface area contributed by atoms with Crippen LogP contribution in [0.1, 0.15) is 47.4 Å². The number of carbonyl (C=O) groups is 2. The van der Waals surface area contributed by atoms with Crippen molar-refractivity contribution in [3.63, 3.8) is 0 Å². The molecule has 0 aliphatic rings. The molecule has 0 saturated carbocycles. The fraction of sp³-hybridized carbons (Fsp3) is 0.438. The summed E-state index contributed by atoms with van der Waals surface area (Å²) < 4.78 is 11.7. The summed E-state index contributed by atoms with van der Waals surface area (Å²) in [5.74, 6) is 0.238. The molecule has 2 N–H and O–H groups in total. The van der Waals surface area contributed by atoms with Gasteiger partial charge in [0.1, 0.15) is 11.5 Å². The van der Waals surface area contributed by atoms with Crippen LogP contribution in [0.15, 0.2) is 16.8 Å². The lowest BCUT2D eigenvalue weighted by Gasteiger charge is -2.14. The van der Waals surface area contributed by atoms with Crippen LogP contribution in [0.3, 0.4) is 0 Å². The largest absolute Gasteiger partial charge is 0.461 e. The Labute approximate surface area is 140 Å². The number of amides is 2. The third-order valence-corrected chi connectivity index (χ3v) is 3.62. The average molecular weight is 334 g/mol. The number of urea groups is 1. The maximum atomic E-state index is 12.2. The van der Waals surface area contributed by atoms with Crippen LogP contribution in [0.2, 0.25) is 0 Å². The van der Waals surface area contributed by atoms with Crippen LogP contribution in [0.4, 0.5) is 10.5 Å². The predicted molar refractivity (Wildman–Crippen MR) is 87.9 cm³/mol. The van der Waals surface area contributed by atoms with Gasteiger partial charge >= 0.3 is 12.0 Å². The molecule has 2 aromatic heterocycles. The summed E-state index contributed by atoms with van der Waals surface area (Å²) >= 11 is 0. The number of hydrogen-bond donors (Lipinski definition) is 2. The Balaban J connectivity index is 2.02. The first kappa shape index (κ1) is 17.6. The topological polar surface area (TPSA) is 98.4 Å². The van der Waals surface area contributed by atoms with Crippen molar-refractivity contribution in [3.8, 4) is 0 Å². The highest BCUT2D eigenvalue weighted by atomic mass is 16.5. The van der Waals surface area contributed by atoms with E-state index in [0.29, 0.717) is 23.7 Å². The molecule has 1 unspecified atom stereocenters. The molecule has 2 rings (SSSR count). The number of nitrogens with zero attached hydrogens (tertiary/aromatic N) is 2. The number of rotatable bonds is 5. The number of esters is 1. The van der Waals surface area contributed by atoms with Crippen LogP contribution in [-0.2, 0) is 11.8 Å². The molecule has 0 fully saturated rings. The van der Waals surface area contributed by atoms with E-state index in [9.17, 15) is 9.59 Å². The van der Waals surface area contributed by atoms with E-state index >= 15 is 0 Å². The maximum Gasteiger partial charge on any atom is 0.355 e. The first-order valence-electron chi connectivity index (χ1n) is 7.67. The maximum absolute atomic E-state index is 12.2. The standard InChI is InChI=1S/C16H22N4O4/c1-6-23-15(21)13-7-12(8-20(13)5)18-16(22)17-9(2)14-10(3)19-24-11(14)4/h7-9H,6H2,1-5H3,(H2,17,18,22). The molecule has 0 radical (unpaired) electrons. The van der Waals surface area contributed by atoms with Crippen LogP contribution in [0.25, 0.3) is 0 Å². The van der Waals surface area contributed by atoms with Crippen molar-refractivity contribution < 1.29 is 18.8 Å². The van der Waals surface area contributed by atoms with Crippen LogP contribution in [-0.4, -0.2) is 28.3 Å². The highest BCUT2D eigenvalue weighted by Gasteiger charge is 2.19. The van der Waals surface area contributed by atoms with Crippen molar-refractivity contribution in [1.29, 1.82) is 0 Å². The van der Waals surface area contributed by atoms with Gasteiger partial charge in [0.05, 0.1) is 24.0 Å². The molecule has 8 heteroatoms. The molecule has 0 spiro atoms. The number of aryl methyl sites for hydroxylation is 3. The predicted octanol–water partition coefficient (Wildman–Crippen LogP) is 2.69. The zero-order valence-corrected chi connectivity index (χ0v) is 14.5. The van der Waals surface area contributed by atoms with Crippen LogP contribution in [0.5, 0.6) is 0 Å². The minimum absolute atomic E-state index is 0.260. The monoisotopic (exact) mass is 334 g/mol. The lowest BCUT2D eigenvalue weighted by molar-refractivity contribution is 0.0515. The Kier molecular flexibility index (Phi) is 5.28. The first-order valence-corrected chi connectivity index (χ1v) is 7.67. The highest BCUT2D eigenvalue weighted by molar-refractivity contribution is 5.93. The van der Waals surface area contributed by atoms with Gasteiger partial charge in [-0.05, 0) is 33.8 Å². The molecule has 2 aromatic rings. The Hall–Kier alpha value is -2.77. The van der Waals surface area contributed by atoms with Gasteiger partial charge < -0.3 is 24.5 Å². The normalized spacial score (nSPS) is 11.9. The summed E-state index contributed by atoms with van der Waals surface area (Å²) in [6, 6.07) is 0.922. The molecule has 0 bridgehead atoms. The summed E-state index contributed by atoms with van der Waals surface area (Å²) in [4.78, 5) is 23.9. The number of nitrogens with one attached hydrogen (secondary N) is 2. The quantitative estimate of drug-likeness (QED) is 0.819. The minimum atomic E-state index is -0.433. The fourth-order valence-corrected chi connectivity index (χ4v) is 2.59. The van der Waals surface area contributed by atoms with E-state index in [4.69, 9.17) is 9.26 Å². The molecule has 24 heavy (non-hydrogen) atoms. The molecule has 0 aliphatic carbocycles. The molecular formula is C16H22N4O4. The second-order valence-electron chi connectivity index (χ2n) is 5.50. The molecule has 8 nitrogen and oxygen atoms in total. The molecule has 2 heterocycles. The lowest BCUT2D eigenvalue weighted by Crippen LogP contribution is -2.31. The third-order valence-electron chi connectivity index (χ3n) is 3.62. The summed E-state index contributed by atoms with van der Waals surface area (Å²) in [6.45, 7) is 7.51. The van der Waals surface area contributed by atoms with E-state index in [0.717, 1.165) is 11.3 Å². The molecule has 1 atom stereocenters. The molecule has 2 amide bonds. The number of hydrogen-bond acceptors (Lipinski definition) is 5. The van der Waals surface area contributed by atoms with E-state index in [-0.39, 0.29) is 12.1 Å². The van der Waals surface area contributed by atoms with Crippen molar-refractivity contribution in [2.45, 2.75) is 33.7 Å². The molecule has 130 valence electrons. The summed E-state index contributed by atoms with van der Waals surface area (Å²) in [6.07, 6.45) is 1.65. The van der Waals surface area contributed by atoms with Crippen molar-refractivity contribution in [2.24, 2.45) is 7.05 Å². The van der Waals surface area contributed by atoms with Gasteiger partial charge in [-0.1, -0.05) is 5.16 Å². The number of anilines is 1. The van der Waals surface area contributed by atoms with E-state index in [2.05, 4.69) is 15.8 Å². The zero-order chi connectivity index (χ0) is 17.9. The minimum Gasteiger partial charge on any atom is -0.461 e. The van der Waals surface area contributed by atoms with Gasteiger partial charge in [-0.25, -0.2) is 9.59 Å². The second-order valence-corrected chi connectivity index (χ2v) is 5.50. The van der Waals surface area contributed by atoms with E-state index in [1.807, 2.05) is 13.8 Å². The number of carbonyl (C=O) groups excluding carboxylic acids is 2. The molecule has 0 saturated heterocycles. The average Bonchev–Trinajstić information content (AvgIpc) is 3.01. The van der Waals surface area contributed by atoms with Crippen LogP contribution >= 0.6 is 0 Å². The first-order chi connectivity index (χ1) is 11.3. The molecule has 0 aliphatic heterocycles. The lowest BCUT2D eigenvalue weighted by atomic mass is 10.1. The van der Waals surface area contributed by atoms with E-state index in [1.165, 1.54) is 0 Å². The van der Waals surface area contributed by atoms with Crippen LogP contribution in [0, 0.1) is 13.8 Å². The van der Waals surface area contributed by atoms with Gasteiger partial charge in [0.15, 0.2) is 0 Å². The van der Waals surface area contributed by atoms with Gasteiger partial charge in [0, 0.05) is 18.8 Å². The summed E-state index contributed by atoms with van der Waals surface area (Å²) in [5.41, 5.74) is 2.46. The van der Waals surface area contributed by atoms with E-state index < -0.39 is 5.97 Å². The molecule has 0 aromatic carbocycles. The van der Waals surface area contributed by atoms with Crippen molar-refractivity contribution in [3.05, 3.63) is 35.0 Å². The zero-order valence-electron chi connectivity index (χ0n) is 14.5. The van der Waals surface area contributed by atoms with Gasteiger partial charge in [0.25, 0.3) is 0 Å². The number of aromatic nitrogens is 2. The summed E-state index contributed by atoms with van der Waals surface area (Å²) in [5, 5.41) is 9.40. The van der Waals surface area contributed by atoms with Crippen molar-refractivity contribution in [1.82, 2.24) is 15.0 Å². The summed E-state index contributed by atoms with van der Waals surface area (Å²) in [7, 11) is 1.71. The van der Waals surface area contributed by atoms with Crippen molar-refractivity contribution in [2.75, 3.05) is 11.9 Å². The van der Waals surface area contributed by atoms with Gasteiger partial charge in [-0.3, -0.25) is 0 Å². The number of ether oxygens (including phenoxy) is 1. The third kappa shape index (κ3) is 3.76. The highest BCUT2D eigenvalue weighted by Crippen LogP contribution is 2.21. The van der Waals surface area contributed by atoms with Crippen LogP contribution < -0.4 is 10.6 Å². The molecular weight excluding hydrogens is 312 g/mol. The Morgan fingerprint density at radius 1 is 1.42 bits per heavy atom.